The third-order valence-electron chi connectivity index (χ3n) is 9.57. The smallest absolute Gasteiger partial charge is 0.303 e. The van der Waals surface area contributed by atoms with Crippen LogP contribution in [0.1, 0.15) is 65.9 Å². The van der Waals surface area contributed by atoms with Gasteiger partial charge in [-0.2, -0.15) is 0 Å². The maximum absolute atomic E-state index is 12.3. The zero-order valence-electron chi connectivity index (χ0n) is 28.5. The summed E-state index contributed by atoms with van der Waals surface area (Å²) in [5, 5.41) is 21.4. The second-order valence-electron chi connectivity index (χ2n) is 13.2. The highest BCUT2D eigenvalue weighted by molar-refractivity contribution is 5.77. The van der Waals surface area contributed by atoms with Crippen LogP contribution in [-0.4, -0.2) is 70.7 Å². The molecule has 0 aliphatic carbocycles. The first-order valence-electron chi connectivity index (χ1n) is 17.6. The summed E-state index contributed by atoms with van der Waals surface area (Å²) in [6.07, 6.45) is 0.521. The minimum Gasteiger partial charge on any atom is -0.481 e. The average molecular weight is 678 g/mol. The molecule has 9 heteroatoms. The molecule has 2 saturated heterocycles. The number of aliphatic hydroxyl groups excluding tert-OH is 1. The second kappa shape index (κ2) is 17.5. The number of carboxylic acids is 1. The molecule has 3 N–H and O–H groups in total. The van der Waals surface area contributed by atoms with Gasteiger partial charge in [0.25, 0.3) is 0 Å². The number of benzene rings is 4. The van der Waals surface area contributed by atoms with Crippen LogP contribution in [0.4, 0.5) is 0 Å². The summed E-state index contributed by atoms with van der Waals surface area (Å²) in [5.41, 5.74) is 7.24. The summed E-state index contributed by atoms with van der Waals surface area (Å²) in [7, 11) is 0. The topological polar surface area (TPSA) is 112 Å². The van der Waals surface area contributed by atoms with Gasteiger partial charge in [0.05, 0.1) is 18.8 Å². The molecule has 3 unspecified atom stereocenters. The van der Waals surface area contributed by atoms with Crippen molar-refractivity contribution >= 4 is 11.9 Å². The fraction of sp³-hybridized carbons (Fsp3) is 0.366. The van der Waals surface area contributed by atoms with E-state index in [0.717, 1.165) is 79.1 Å². The zero-order chi connectivity index (χ0) is 34.7. The van der Waals surface area contributed by atoms with Crippen molar-refractivity contribution in [3.63, 3.8) is 0 Å². The van der Waals surface area contributed by atoms with Gasteiger partial charge in [-0.25, -0.2) is 0 Å². The van der Waals surface area contributed by atoms with E-state index in [1.807, 2.05) is 48.5 Å². The van der Waals surface area contributed by atoms with Crippen molar-refractivity contribution in [2.45, 2.75) is 63.9 Å². The SMILES string of the molecule is O=C(O)CCCC(=O)NCc1ccccc1-c1ccc(C2OC(CN3CCN(Cc4ccccc4)CC3)CC(c3ccc(CO)cc3)O2)cc1. The Morgan fingerprint density at radius 2 is 1.42 bits per heavy atom. The molecule has 262 valence electrons. The van der Waals surface area contributed by atoms with E-state index in [1.54, 1.807) is 0 Å². The number of carbonyl (C=O) groups is 2. The van der Waals surface area contributed by atoms with Crippen LogP contribution in [0.25, 0.3) is 11.1 Å². The predicted molar refractivity (Wildman–Crippen MR) is 192 cm³/mol. The van der Waals surface area contributed by atoms with Crippen molar-refractivity contribution in [2.75, 3.05) is 32.7 Å². The van der Waals surface area contributed by atoms with Crippen LogP contribution >= 0.6 is 0 Å². The van der Waals surface area contributed by atoms with E-state index in [9.17, 15) is 14.7 Å². The monoisotopic (exact) mass is 677 g/mol. The first kappa shape index (κ1) is 35.4. The van der Waals surface area contributed by atoms with Gasteiger partial charge in [0, 0.05) is 70.6 Å². The van der Waals surface area contributed by atoms with Crippen LogP contribution in [0.5, 0.6) is 0 Å². The first-order chi connectivity index (χ1) is 24.4. The Balaban J connectivity index is 1.12. The molecule has 0 bridgehead atoms. The van der Waals surface area contributed by atoms with Gasteiger partial charge in [-0.05, 0) is 39.8 Å². The Bertz CT molecular complexity index is 1670. The van der Waals surface area contributed by atoms with Gasteiger partial charge in [0.15, 0.2) is 6.29 Å². The summed E-state index contributed by atoms with van der Waals surface area (Å²) < 4.78 is 13.3. The lowest BCUT2D eigenvalue weighted by Crippen LogP contribution is -2.49. The maximum atomic E-state index is 12.3. The van der Waals surface area contributed by atoms with E-state index < -0.39 is 12.3 Å². The summed E-state index contributed by atoms with van der Waals surface area (Å²) in [6.45, 7) is 6.19. The number of nitrogens with one attached hydrogen (secondary N) is 1. The first-order valence-corrected chi connectivity index (χ1v) is 17.6. The number of carboxylic acid groups (broad SMARTS) is 1. The molecular formula is C41H47N3O6. The molecule has 2 aliphatic rings. The van der Waals surface area contributed by atoms with Crippen LogP contribution in [-0.2, 0) is 38.8 Å². The minimum atomic E-state index is -0.897. The molecule has 3 atom stereocenters. The van der Waals surface area contributed by atoms with E-state index in [0.29, 0.717) is 13.0 Å². The molecule has 50 heavy (non-hydrogen) atoms. The quantitative estimate of drug-likeness (QED) is 0.147. The number of amides is 1. The standard InChI is InChI=1S/C41H47N3O6/c45-29-31-13-15-33(16-14-31)38-25-36(28-44-23-21-43(22-24-44)27-30-7-2-1-3-8-30)49-41(50-38)34-19-17-32(18-20-34)37-10-5-4-9-35(37)26-42-39(46)11-6-12-40(47)48/h1-5,7-10,13-20,36,38,41,45H,6,11-12,21-29H2,(H,42,46)(H,47,48). The molecule has 2 fully saturated rings. The molecule has 4 aromatic rings. The number of ether oxygens (including phenoxy) is 2. The van der Waals surface area contributed by atoms with Gasteiger partial charge < -0.3 is 25.0 Å². The van der Waals surface area contributed by atoms with Crippen LogP contribution in [0, 0.1) is 0 Å². The van der Waals surface area contributed by atoms with Crippen LogP contribution in [0.15, 0.2) is 103 Å². The van der Waals surface area contributed by atoms with E-state index in [4.69, 9.17) is 14.6 Å². The van der Waals surface area contributed by atoms with Gasteiger partial charge in [0.2, 0.25) is 5.91 Å². The number of aliphatic carboxylic acids is 1. The highest BCUT2D eigenvalue weighted by Crippen LogP contribution is 2.39. The normalized spacial score (nSPS) is 20.0. The van der Waals surface area contributed by atoms with Crippen LogP contribution in [0.2, 0.25) is 0 Å². The fourth-order valence-electron chi connectivity index (χ4n) is 6.75. The van der Waals surface area contributed by atoms with E-state index in [-0.39, 0.29) is 37.6 Å². The molecule has 0 aromatic heterocycles. The summed E-state index contributed by atoms with van der Waals surface area (Å²) in [6, 6.07) is 34.8. The van der Waals surface area contributed by atoms with E-state index >= 15 is 0 Å². The van der Waals surface area contributed by atoms with Gasteiger partial charge in [-0.15, -0.1) is 0 Å². The summed E-state index contributed by atoms with van der Waals surface area (Å²) >= 11 is 0. The molecular weight excluding hydrogens is 630 g/mol. The Morgan fingerprint density at radius 3 is 2.14 bits per heavy atom. The summed E-state index contributed by atoms with van der Waals surface area (Å²) in [5.74, 6) is -1.06. The number of piperazine rings is 1. The number of aliphatic hydroxyl groups is 1. The lowest BCUT2D eigenvalue weighted by molar-refractivity contribution is -0.253. The third kappa shape index (κ3) is 9.87. The van der Waals surface area contributed by atoms with Crippen LogP contribution < -0.4 is 5.32 Å². The molecule has 9 nitrogen and oxygen atoms in total. The highest BCUT2D eigenvalue weighted by Gasteiger charge is 2.34. The largest absolute Gasteiger partial charge is 0.481 e. The Kier molecular flexibility index (Phi) is 12.4. The number of rotatable bonds is 14. The molecule has 0 radical (unpaired) electrons. The molecule has 6 rings (SSSR count). The molecule has 4 aromatic carbocycles. The molecule has 2 heterocycles. The molecule has 0 saturated carbocycles. The van der Waals surface area contributed by atoms with Crippen molar-refractivity contribution in [1.29, 1.82) is 0 Å². The lowest BCUT2D eigenvalue weighted by atomic mass is 9.97. The minimum absolute atomic E-state index is 0.00501. The van der Waals surface area contributed by atoms with Gasteiger partial charge in [-0.1, -0.05) is 103 Å². The van der Waals surface area contributed by atoms with Crippen LogP contribution in [0.3, 0.4) is 0 Å². The average Bonchev–Trinajstić information content (AvgIpc) is 3.15. The number of nitrogens with zero attached hydrogens (tertiary/aromatic N) is 2. The molecule has 2 aliphatic heterocycles. The van der Waals surface area contributed by atoms with E-state index in [2.05, 4.69) is 69.7 Å². The van der Waals surface area contributed by atoms with Crippen molar-refractivity contribution in [3.05, 3.63) is 131 Å². The Hall–Kier alpha value is -4.38. The zero-order valence-corrected chi connectivity index (χ0v) is 28.5. The van der Waals surface area contributed by atoms with E-state index in [1.165, 1.54) is 5.56 Å². The fourth-order valence-corrected chi connectivity index (χ4v) is 6.75. The lowest BCUT2D eigenvalue weighted by Gasteiger charge is -2.40. The second-order valence-corrected chi connectivity index (χ2v) is 13.2. The van der Waals surface area contributed by atoms with Crippen molar-refractivity contribution in [1.82, 2.24) is 15.1 Å². The number of hydrogen-bond acceptors (Lipinski definition) is 7. The van der Waals surface area contributed by atoms with Gasteiger partial charge >= 0.3 is 5.97 Å². The number of hydrogen-bond donors (Lipinski definition) is 3. The van der Waals surface area contributed by atoms with Crippen molar-refractivity contribution in [3.8, 4) is 11.1 Å². The highest BCUT2D eigenvalue weighted by atomic mass is 16.7. The Labute approximate surface area is 294 Å². The summed E-state index contributed by atoms with van der Waals surface area (Å²) in [4.78, 5) is 28.1. The van der Waals surface area contributed by atoms with Crippen molar-refractivity contribution in [2.24, 2.45) is 0 Å². The van der Waals surface area contributed by atoms with Crippen molar-refractivity contribution < 1.29 is 29.3 Å². The van der Waals surface area contributed by atoms with Gasteiger partial charge in [-0.3, -0.25) is 19.4 Å². The Morgan fingerprint density at radius 1 is 0.740 bits per heavy atom. The molecule has 1 amide bonds. The third-order valence-corrected chi connectivity index (χ3v) is 9.57. The molecule has 0 spiro atoms. The van der Waals surface area contributed by atoms with Gasteiger partial charge in [0.1, 0.15) is 0 Å². The maximum Gasteiger partial charge on any atom is 0.303 e. The number of carbonyl (C=O) groups excluding carboxylic acids is 1. The predicted octanol–water partition coefficient (Wildman–Crippen LogP) is 6.08.